The van der Waals surface area contributed by atoms with Gasteiger partial charge in [-0.15, -0.1) is 0 Å². The molecule has 3 rings (SSSR count). The number of H-pyrrole nitrogens is 1. The molecule has 0 fully saturated rings. The fourth-order valence-electron chi connectivity index (χ4n) is 2.88. The standard InChI is InChI=1S/C19H24N4O/c1-13(2)23-11-15(9-20-23)10-22(4)12-17-8-16-6-5-14(3)7-18(16)21-19(17)24/h5-9,11,13H,10,12H2,1-4H3,(H,21,24). The minimum absolute atomic E-state index is 0.0159. The number of aromatic amines is 1. The Hall–Kier alpha value is -2.40. The van der Waals surface area contributed by atoms with Gasteiger partial charge in [0.25, 0.3) is 5.56 Å². The first kappa shape index (κ1) is 16.5. The molecule has 0 amide bonds. The molecule has 0 atom stereocenters. The van der Waals surface area contributed by atoms with Crippen LogP contribution in [0.5, 0.6) is 0 Å². The van der Waals surface area contributed by atoms with Crippen LogP contribution in [0.15, 0.2) is 41.5 Å². The van der Waals surface area contributed by atoms with Crippen LogP contribution in [0, 0.1) is 6.92 Å². The van der Waals surface area contributed by atoms with E-state index in [0.29, 0.717) is 12.6 Å². The van der Waals surface area contributed by atoms with Gasteiger partial charge < -0.3 is 4.98 Å². The second-order valence-corrected chi connectivity index (χ2v) is 6.81. The number of hydrogen-bond acceptors (Lipinski definition) is 3. The first-order valence-electron chi connectivity index (χ1n) is 8.26. The first-order chi connectivity index (χ1) is 11.4. The largest absolute Gasteiger partial charge is 0.322 e. The highest BCUT2D eigenvalue weighted by molar-refractivity contribution is 5.79. The van der Waals surface area contributed by atoms with Crippen molar-refractivity contribution in [3.05, 3.63) is 63.7 Å². The van der Waals surface area contributed by atoms with E-state index in [2.05, 4.69) is 47.2 Å². The molecule has 1 aromatic carbocycles. The summed E-state index contributed by atoms with van der Waals surface area (Å²) in [5.41, 5.74) is 3.96. The lowest BCUT2D eigenvalue weighted by Crippen LogP contribution is -2.23. The lowest BCUT2D eigenvalue weighted by Gasteiger charge is -2.15. The molecular formula is C19H24N4O. The van der Waals surface area contributed by atoms with Crippen LogP contribution in [0.1, 0.15) is 36.6 Å². The number of benzene rings is 1. The van der Waals surface area contributed by atoms with Crippen molar-refractivity contribution < 1.29 is 0 Å². The van der Waals surface area contributed by atoms with Crippen LogP contribution in [0.2, 0.25) is 0 Å². The molecule has 0 unspecified atom stereocenters. The molecule has 0 bridgehead atoms. The van der Waals surface area contributed by atoms with E-state index in [1.54, 1.807) is 0 Å². The van der Waals surface area contributed by atoms with Gasteiger partial charge in [-0.05, 0) is 50.9 Å². The predicted molar refractivity (Wildman–Crippen MR) is 97.1 cm³/mol. The van der Waals surface area contributed by atoms with Gasteiger partial charge in [-0.2, -0.15) is 5.10 Å². The maximum atomic E-state index is 12.3. The number of aromatic nitrogens is 3. The molecule has 0 saturated carbocycles. The van der Waals surface area contributed by atoms with Crippen molar-refractivity contribution in [2.75, 3.05) is 7.05 Å². The van der Waals surface area contributed by atoms with Gasteiger partial charge in [0.2, 0.25) is 0 Å². The molecule has 2 heterocycles. The summed E-state index contributed by atoms with van der Waals surface area (Å²) in [5, 5.41) is 5.43. The van der Waals surface area contributed by atoms with E-state index in [0.717, 1.165) is 34.1 Å². The van der Waals surface area contributed by atoms with Crippen molar-refractivity contribution in [3.63, 3.8) is 0 Å². The Balaban J connectivity index is 1.77. The number of aryl methyl sites for hydroxylation is 1. The van der Waals surface area contributed by atoms with E-state index >= 15 is 0 Å². The van der Waals surface area contributed by atoms with Crippen LogP contribution < -0.4 is 5.56 Å². The molecule has 5 nitrogen and oxygen atoms in total. The molecule has 2 aromatic heterocycles. The lowest BCUT2D eigenvalue weighted by molar-refractivity contribution is 0.317. The Morgan fingerprint density at radius 2 is 2.04 bits per heavy atom. The maximum Gasteiger partial charge on any atom is 0.252 e. The number of pyridine rings is 1. The quantitative estimate of drug-likeness (QED) is 0.784. The summed E-state index contributed by atoms with van der Waals surface area (Å²) in [5.74, 6) is 0. The summed E-state index contributed by atoms with van der Waals surface area (Å²) >= 11 is 0. The summed E-state index contributed by atoms with van der Waals surface area (Å²) < 4.78 is 1.95. The normalized spacial score (nSPS) is 11.8. The van der Waals surface area contributed by atoms with Crippen molar-refractivity contribution in [2.24, 2.45) is 0 Å². The third-order valence-electron chi connectivity index (χ3n) is 4.16. The average Bonchev–Trinajstić information content (AvgIpc) is 2.97. The molecule has 126 valence electrons. The topological polar surface area (TPSA) is 53.9 Å². The van der Waals surface area contributed by atoms with Crippen LogP contribution in [0.25, 0.3) is 10.9 Å². The highest BCUT2D eigenvalue weighted by Gasteiger charge is 2.09. The molecule has 0 aliphatic carbocycles. The predicted octanol–water partition coefficient (Wildman–Crippen LogP) is 3.25. The molecule has 1 N–H and O–H groups in total. The molecule has 0 spiro atoms. The molecule has 0 aliphatic heterocycles. The molecule has 24 heavy (non-hydrogen) atoms. The summed E-state index contributed by atoms with van der Waals surface area (Å²) in [6, 6.07) is 8.47. The van der Waals surface area contributed by atoms with E-state index in [9.17, 15) is 4.79 Å². The Bertz CT molecular complexity index is 907. The maximum absolute atomic E-state index is 12.3. The minimum Gasteiger partial charge on any atom is -0.322 e. The molecule has 5 heteroatoms. The second-order valence-electron chi connectivity index (χ2n) is 6.81. The van der Waals surface area contributed by atoms with Crippen molar-refractivity contribution in [1.82, 2.24) is 19.7 Å². The van der Waals surface area contributed by atoms with Crippen molar-refractivity contribution in [2.45, 2.75) is 39.9 Å². The summed E-state index contributed by atoms with van der Waals surface area (Å²) in [4.78, 5) is 17.4. The zero-order chi connectivity index (χ0) is 17.3. The molecule has 0 saturated heterocycles. The Kier molecular flexibility index (Phi) is 4.53. The van der Waals surface area contributed by atoms with Gasteiger partial charge in [0.05, 0.1) is 6.20 Å². The van der Waals surface area contributed by atoms with Gasteiger partial charge >= 0.3 is 0 Å². The SMILES string of the molecule is Cc1ccc2cc(CN(C)Cc3cnn(C(C)C)c3)c(=O)[nH]c2c1. The van der Waals surface area contributed by atoms with Gasteiger partial charge in [-0.3, -0.25) is 14.4 Å². The van der Waals surface area contributed by atoms with Crippen molar-refractivity contribution >= 4 is 10.9 Å². The third-order valence-corrected chi connectivity index (χ3v) is 4.16. The van der Waals surface area contributed by atoms with Gasteiger partial charge in [0.15, 0.2) is 0 Å². The summed E-state index contributed by atoms with van der Waals surface area (Å²) in [6.45, 7) is 7.61. The highest BCUT2D eigenvalue weighted by atomic mass is 16.1. The number of rotatable bonds is 5. The van der Waals surface area contributed by atoms with E-state index in [1.807, 2.05) is 37.0 Å². The second kappa shape index (κ2) is 6.61. The number of hydrogen-bond donors (Lipinski definition) is 1. The van der Waals surface area contributed by atoms with E-state index in [4.69, 9.17) is 0 Å². The monoisotopic (exact) mass is 324 g/mol. The zero-order valence-corrected chi connectivity index (χ0v) is 14.7. The molecule has 3 aromatic rings. The summed E-state index contributed by atoms with van der Waals surface area (Å²) in [7, 11) is 2.02. The van der Waals surface area contributed by atoms with Crippen molar-refractivity contribution in [1.29, 1.82) is 0 Å². The van der Waals surface area contributed by atoms with Crippen LogP contribution in [-0.2, 0) is 13.1 Å². The van der Waals surface area contributed by atoms with E-state index in [1.165, 1.54) is 0 Å². The van der Waals surface area contributed by atoms with E-state index < -0.39 is 0 Å². The van der Waals surface area contributed by atoms with Gasteiger partial charge in [-0.1, -0.05) is 12.1 Å². The Morgan fingerprint density at radius 3 is 2.75 bits per heavy atom. The van der Waals surface area contributed by atoms with Crippen LogP contribution >= 0.6 is 0 Å². The Morgan fingerprint density at radius 1 is 1.25 bits per heavy atom. The van der Waals surface area contributed by atoms with Crippen LogP contribution in [-0.4, -0.2) is 26.7 Å². The third kappa shape index (κ3) is 3.57. The smallest absolute Gasteiger partial charge is 0.252 e. The fourth-order valence-corrected chi connectivity index (χ4v) is 2.88. The first-order valence-corrected chi connectivity index (χ1v) is 8.26. The molecule has 0 aliphatic rings. The number of fused-ring (bicyclic) bond motifs is 1. The van der Waals surface area contributed by atoms with Crippen LogP contribution in [0.3, 0.4) is 0 Å². The summed E-state index contributed by atoms with van der Waals surface area (Å²) in [6.07, 6.45) is 3.96. The molecular weight excluding hydrogens is 300 g/mol. The van der Waals surface area contributed by atoms with Gasteiger partial charge in [0, 0.05) is 42.0 Å². The van der Waals surface area contributed by atoms with Crippen molar-refractivity contribution in [3.8, 4) is 0 Å². The zero-order valence-electron chi connectivity index (χ0n) is 14.7. The van der Waals surface area contributed by atoms with Crippen LogP contribution in [0.4, 0.5) is 0 Å². The van der Waals surface area contributed by atoms with Gasteiger partial charge in [0.1, 0.15) is 0 Å². The average molecular weight is 324 g/mol. The van der Waals surface area contributed by atoms with E-state index in [-0.39, 0.29) is 5.56 Å². The van der Waals surface area contributed by atoms with Gasteiger partial charge in [-0.25, -0.2) is 0 Å². The number of nitrogens with one attached hydrogen (secondary N) is 1. The minimum atomic E-state index is -0.0159. The number of nitrogens with zero attached hydrogens (tertiary/aromatic N) is 3. The fraction of sp³-hybridized carbons (Fsp3) is 0.368. The molecule has 0 radical (unpaired) electrons. The highest BCUT2D eigenvalue weighted by Crippen LogP contribution is 2.14. The lowest BCUT2D eigenvalue weighted by atomic mass is 10.1. The Labute approximate surface area is 141 Å².